The Balaban J connectivity index is 1.59. The van der Waals surface area contributed by atoms with Gasteiger partial charge in [0.05, 0.1) is 19.0 Å². The van der Waals surface area contributed by atoms with Crippen molar-refractivity contribution in [1.82, 2.24) is 20.1 Å². The van der Waals surface area contributed by atoms with Crippen LogP contribution in [0.1, 0.15) is 19.8 Å². The average molecular weight is 376 g/mol. The molecule has 1 atom stereocenters. The molecular weight excluding hydrogens is 352 g/mol. The monoisotopic (exact) mass is 376 g/mol. The highest BCUT2D eigenvalue weighted by atomic mass is 32.2. The Morgan fingerprint density at radius 1 is 1.38 bits per heavy atom. The number of ether oxygens (including phenoxy) is 2. The van der Waals surface area contributed by atoms with Gasteiger partial charge in [0, 0.05) is 25.3 Å². The summed E-state index contributed by atoms with van der Waals surface area (Å²) in [5.41, 5.74) is 0.967. The minimum absolute atomic E-state index is 0.0119. The van der Waals surface area contributed by atoms with Crippen LogP contribution in [0.15, 0.2) is 29.4 Å². The lowest BCUT2D eigenvalue weighted by Gasteiger charge is -2.11. The van der Waals surface area contributed by atoms with E-state index in [0.29, 0.717) is 12.3 Å². The summed E-state index contributed by atoms with van der Waals surface area (Å²) in [7, 11) is 1.64. The Morgan fingerprint density at radius 3 is 2.85 bits per heavy atom. The number of amides is 1. The summed E-state index contributed by atoms with van der Waals surface area (Å²) in [5, 5.41) is 12.2. The van der Waals surface area contributed by atoms with Gasteiger partial charge >= 0.3 is 0 Å². The molecule has 3 rings (SSSR count). The van der Waals surface area contributed by atoms with Crippen LogP contribution in [-0.2, 0) is 16.1 Å². The minimum atomic E-state index is -0.0119. The van der Waals surface area contributed by atoms with Gasteiger partial charge in [0.2, 0.25) is 5.91 Å². The number of carbonyl (C=O) groups is 1. The van der Waals surface area contributed by atoms with Crippen LogP contribution in [0.25, 0.3) is 11.4 Å². The minimum Gasteiger partial charge on any atom is -0.497 e. The van der Waals surface area contributed by atoms with Crippen molar-refractivity contribution < 1.29 is 14.3 Å². The lowest BCUT2D eigenvalue weighted by atomic mass is 10.2. The molecular formula is C18H24N4O3S. The molecule has 2 heterocycles. The molecule has 1 aromatic carbocycles. The van der Waals surface area contributed by atoms with E-state index in [0.717, 1.165) is 48.3 Å². The van der Waals surface area contributed by atoms with E-state index in [1.807, 2.05) is 35.8 Å². The lowest BCUT2D eigenvalue weighted by molar-refractivity contribution is -0.119. The summed E-state index contributed by atoms with van der Waals surface area (Å²) in [6.45, 7) is 4.15. The van der Waals surface area contributed by atoms with Gasteiger partial charge in [0.25, 0.3) is 0 Å². The predicted molar refractivity (Wildman–Crippen MR) is 100 cm³/mol. The first-order valence-electron chi connectivity index (χ1n) is 8.80. The SMILES string of the molecule is CCn1c(SCC(=O)NCC2CCCO2)nnc1-c1ccc(OC)cc1. The van der Waals surface area contributed by atoms with E-state index in [1.165, 1.54) is 11.8 Å². The van der Waals surface area contributed by atoms with Crippen molar-refractivity contribution >= 4 is 17.7 Å². The first-order valence-corrected chi connectivity index (χ1v) is 9.78. The number of hydrogen-bond acceptors (Lipinski definition) is 6. The number of benzene rings is 1. The number of methoxy groups -OCH3 is 1. The second-order valence-electron chi connectivity index (χ2n) is 6.01. The summed E-state index contributed by atoms with van der Waals surface area (Å²) in [4.78, 5) is 12.1. The van der Waals surface area contributed by atoms with Gasteiger partial charge in [0.1, 0.15) is 5.75 Å². The van der Waals surface area contributed by atoms with Crippen LogP contribution >= 0.6 is 11.8 Å². The molecule has 26 heavy (non-hydrogen) atoms. The van der Waals surface area contributed by atoms with Crippen molar-refractivity contribution in [2.24, 2.45) is 0 Å². The van der Waals surface area contributed by atoms with E-state index in [-0.39, 0.29) is 12.0 Å². The highest BCUT2D eigenvalue weighted by Gasteiger charge is 2.17. The van der Waals surface area contributed by atoms with E-state index in [1.54, 1.807) is 7.11 Å². The third-order valence-corrected chi connectivity index (χ3v) is 5.23. The summed E-state index contributed by atoms with van der Waals surface area (Å²) >= 11 is 1.40. The molecule has 1 fully saturated rings. The van der Waals surface area contributed by atoms with Crippen molar-refractivity contribution in [1.29, 1.82) is 0 Å². The topological polar surface area (TPSA) is 78.3 Å². The van der Waals surface area contributed by atoms with Crippen LogP contribution in [0.2, 0.25) is 0 Å². The molecule has 1 N–H and O–H groups in total. The van der Waals surface area contributed by atoms with Crippen LogP contribution in [0.4, 0.5) is 0 Å². The van der Waals surface area contributed by atoms with Crippen molar-refractivity contribution in [3.05, 3.63) is 24.3 Å². The normalized spacial score (nSPS) is 16.6. The molecule has 1 saturated heterocycles. The van der Waals surface area contributed by atoms with Crippen LogP contribution in [0.3, 0.4) is 0 Å². The predicted octanol–water partition coefficient (Wildman–Crippen LogP) is 2.36. The zero-order chi connectivity index (χ0) is 18.4. The van der Waals surface area contributed by atoms with E-state index >= 15 is 0 Å². The molecule has 0 spiro atoms. The molecule has 8 heteroatoms. The van der Waals surface area contributed by atoms with Gasteiger partial charge in [-0.25, -0.2) is 0 Å². The molecule has 0 radical (unpaired) electrons. The number of nitrogens with zero attached hydrogens (tertiary/aromatic N) is 3. The number of hydrogen-bond donors (Lipinski definition) is 1. The first-order chi connectivity index (χ1) is 12.7. The summed E-state index contributed by atoms with van der Waals surface area (Å²) < 4.78 is 12.7. The number of nitrogens with one attached hydrogen (secondary N) is 1. The van der Waals surface area contributed by atoms with E-state index < -0.39 is 0 Å². The molecule has 0 aliphatic carbocycles. The zero-order valence-electron chi connectivity index (χ0n) is 15.1. The Morgan fingerprint density at radius 2 is 2.19 bits per heavy atom. The molecule has 1 aromatic heterocycles. The van der Waals surface area contributed by atoms with Gasteiger partial charge in [0.15, 0.2) is 11.0 Å². The van der Waals surface area contributed by atoms with Crippen molar-refractivity contribution in [3.63, 3.8) is 0 Å². The van der Waals surface area contributed by atoms with Crippen molar-refractivity contribution in [2.75, 3.05) is 26.0 Å². The second kappa shape index (κ2) is 9.05. The van der Waals surface area contributed by atoms with Gasteiger partial charge in [-0.3, -0.25) is 4.79 Å². The largest absolute Gasteiger partial charge is 0.497 e. The van der Waals surface area contributed by atoms with Gasteiger partial charge in [-0.2, -0.15) is 0 Å². The maximum Gasteiger partial charge on any atom is 0.230 e. The van der Waals surface area contributed by atoms with E-state index in [4.69, 9.17) is 9.47 Å². The fourth-order valence-electron chi connectivity index (χ4n) is 2.85. The third kappa shape index (κ3) is 4.56. The smallest absolute Gasteiger partial charge is 0.230 e. The maximum absolute atomic E-state index is 12.1. The van der Waals surface area contributed by atoms with Crippen molar-refractivity contribution in [3.8, 4) is 17.1 Å². The number of rotatable bonds is 8. The van der Waals surface area contributed by atoms with Gasteiger partial charge in [-0.1, -0.05) is 11.8 Å². The van der Waals surface area contributed by atoms with Crippen LogP contribution in [0.5, 0.6) is 5.75 Å². The molecule has 1 aliphatic heterocycles. The molecule has 0 saturated carbocycles. The number of thioether (sulfide) groups is 1. The third-order valence-electron chi connectivity index (χ3n) is 4.26. The molecule has 7 nitrogen and oxygen atoms in total. The van der Waals surface area contributed by atoms with E-state index in [2.05, 4.69) is 15.5 Å². The Hall–Kier alpha value is -2.06. The molecule has 0 bridgehead atoms. The van der Waals surface area contributed by atoms with Crippen molar-refractivity contribution in [2.45, 2.75) is 37.6 Å². The molecule has 2 aromatic rings. The average Bonchev–Trinajstić information content (AvgIpc) is 3.34. The standard InChI is InChI=1S/C18H24N4O3S/c1-3-22-17(13-6-8-14(24-2)9-7-13)20-21-18(22)26-12-16(23)19-11-15-5-4-10-25-15/h6-9,15H,3-5,10-12H2,1-2H3,(H,19,23). The molecule has 140 valence electrons. The van der Waals surface area contributed by atoms with Crippen LogP contribution in [0, 0.1) is 0 Å². The maximum atomic E-state index is 12.1. The summed E-state index contributed by atoms with van der Waals surface area (Å²) in [6.07, 6.45) is 2.25. The van der Waals surface area contributed by atoms with Gasteiger partial charge in [-0.15, -0.1) is 10.2 Å². The fourth-order valence-corrected chi connectivity index (χ4v) is 3.68. The van der Waals surface area contributed by atoms with Crippen LogP contribution < -0.4 is 10.1 Å². The fraction of sp³-hybridized carbons (Fsp3) is 0.500. The first kappa shape index (κ1) is 18.7. The Labute approximate surface area is 157 Å². The Kier molecular flexibility index (Phi) is 6.51. The van der Waals surface area contributed by atoms with Gasteiger partial charge < -0.3 is 19.4 Å². The highest BCUT2D eigenvalue weighted by molar-refractivity contribution is 7.99. The number of carbonyl (C=O) groups excluding carboxylic acids is 1. The molecule has 1 aliphatic rings. The zero-order valence-corrected chi connectivity index (χ0v) is 15.9. The summed E-state index contributed by atoms with van der Waals surface area (Å²) in [5.74, 6) is 1.89. The second-order valence-corrected chi connectivity index (χ2v) is 6.95. The van der Waals surface area contributed by atoms with Crippen LogP contribution in [-0.4, -0.2) is 52.8 Å². The van der Waals surface area contributed by atoms with Gasteiger partial charge in [-0.05, 0) is 44.0 Å². The number of aromatic nitrogens is 3. The van der Waals surface area contributed by atoms with E-state index in [9.17, 15) is 4.79 Å². The summed E-state index contributed by atoms with van der Waals surface area (Å²) in [6, 6.07) is 7.71. The lowest BCUT2D eigenvalue weighted by Crippen LogP contribution is -2.32. The highest BCUT2D eigenvalue weighted by Crippen LogP contribution is 2.25. The quantitative estimate of drug-likeness (QED) is 0.713. The molecule has 1 amide bonds. The molecule has 1 unspecified atom stereocenters. The Bertz CT molecular complexity index is 727.